The lowest BCUT2D eigenvalue weighted by molar-refractivity contribution is -0.0767. The SMILES string of the molecule is CCc1nc(-c2cc(C(=O)N3CCCO3)c3ccccn23)cs1. The Hall–Kier alpha value is -2.18. The maximum atomic E-state index is 12.7. The molecule has 0 unspecified atom stereocenters. The van der Waals surface area contributed by atoms with Crippen molar-refractivity contribution in [2.75, 3.05) is 13.2 Å². The van der Waals surface area contributed by atoms with Crippen LogP contribution in [0.1, 0.15) is 28.7 Å². The molecule has 23 heavy (non-hydrogen) atoms. The highest BCUT2D eigenvalue weighted by Crippen LogP contribution is 2.29. The van der Waals surface area contributed by atoms with Crippen molar-refractivity contribution in [1.29, 1.82) is 0 Å². The van der Waals surface area contributed by atoms with E-state index in [9.17, 15) is 4.79 Å². The van der Waals surface area contributed by atoms with E-state index in [0.717, 1.165) is 34.8 Å². The summed E-state index contributed by atoms with van der Waals surface area (Å²) < 4.78 is 2.03. The lowest BCUT2D eigenvalue weighted by Gasteiger charge is -2.12. The minimum Gasteiger partial charge on any atom is -0.314 e. The van der Waals surface area contributed by atoms with Gasteiger partial charge in [0.05, 0.1) is 40.6 Å². The zero-order chi connectivity index (χ0) is 15.8. The van der Waals surface area contributed by atoms with E-state index >= 15 is 0 Å². The minimum absolute atomic E-state index is 0.0802. The van der Waals surface area contributed by atoms with Crippen LogP contribution in [-0.4, -0.2) is 33.5 Å². The van der Waals surface area contributed by atoms with Crippen LogP contribution in [0.3, 0.4) is 0 Å². The smallest absolute Gasteiger partial charge is 0.279 e. The minimum atomic E-state index is -0.0802. The molecule has 118 valence electrons. The highest BCUT2D eigenvalue weighted by molar-refractivity contribution is 7.09. The molecule has 1 fully saturated rings. The van der Waals surface area contributed by atoms with Gasteiger partial charge in [-0.3, -0.25) is 9.63 Å². The zero-order valence-corrected chi connectivity index (χ0v) is 13.7. The van der Waals surface area contributed by atoms with Gasteiger partial charge in [0.2, 0.25) is 0 Å². The molecular formula is C17H17N3O2S. The first-order valence-corrected chi connectivity index (χ1v) is 8.65. The van der Waals surface area contributed by atoms with Crippen molar-refractivity contribution in [3.63, 3.8) is 0 Å². The first kappa shape index (κ1) is 14.4. The molecule has 3 aromatic rings. The Morgan fingerprint density at radius 1 is 1.43 bits per heavy atom. The van der Waals surface area contributed by atoms with E-state index in [1.807, 2.05) is 40.2 Å². The largest absolute Gasteiger partial charge is 0.314 e. The molecule has 4 heterocycles. The molecule has 1 aliphatic heterocycles. The number of nitrogens with zero attached hydrogens (tertiary/aromatic N) is 3. The highest BCUT2D eigenvalue weighted by atomic mass is 32.1. The fourth-order valence-corrected chi connectivity index (χ4v) is 3.59. The molecule has 0 spiro atoms. The van der Waals surface area contributed by atoms with Gasteiger partial charge in [0.15, 0.2) is 0 Å². The van der Waals surface area contributed by atoms with Gasteiger partial charge in [-0.2, -0.15) is 0 Å². The van der Waals surface area contributed by atoms with Gasteiger partial charge >= 0.3 is 0 Å². The van der Waals surface area contributed by atoms with E-state index in [0.29, 0.717) is 18.7 Å². The number of carbonyl (C=O) groups is 1. The van der Waals surface area contributed by atoms with Crippen LogP contribution in [0, 0.1) is 0 Å². The summed E-state index contributed by atoms with van der Waals surface area (Å²) in [6.45, 7) is 3.35. The quantitative estimate of drug-likeness (QED) is 0.741. The average Bonchev–Trinajstić information content (AvgIpc) is 3.32. The number of rotatable bonds is 3. The molecule has 4 rings (SSSR count). The molecule has 0 radical (unpaired) electrons. The second kappa shape index (κ2) is 5.79. The molecule has 6 heteroatoms. The lowest BCUT2D eigenvalue weighted by Crippen LogP contribution is -2.26. The van der Waals surface area contributed by atoms with E-state index < -0.39 is 0 Å². The molecule has 0 aromatic carbocycles. The van der Waals surface area contributed by atoms with Gasteiger partial charge in [-0.25, -0.2) is 10.0 Å². The van der Waals surface area contributed by atoms with Crippen molar-refractivity contribution in [2.24, 2.45) is 0 Å². The fraction of sp³-hybridized carbons (Fsp3) is 0.294. The number of fused-ring (bicyclic) bond motifs is 1. The van der Waals surface area contributed by atoms with Crippen molar-refractivity contribution < 1.29 is 9.63 Å². The maximum Gasteiger partial charge on any atom is 0.279 e. The summed E-state index contributed by atoms with van der Waals surface area (Å²) >= 11 is 1.65. The van der Waals surface area contributed by atoms with Crippen LogP contribution in [0.4, 0.5) is 0 Å². The normalized spacial score (nSPS) is 14.7. The van der Waals surface area contributed by atoms with Crippen molar-refractivity contribution in [1.82, 2.24) is 14.4 Å². The maximum absolute atomic E-state index is 12.7. The monoisotopic (exact) mass is 327 g/mol. The Morgan fingerprint density at radius 3 is 3.09 bits per heavy atom. The third kappa shape index (κ3) is 2.44. The van der Waals surface area contributed by atoms with E-state index in [1.165, 1.54) is 5.06 Å². The summed E-state index contributed by atoms with van der Waals surface area (Å²) in [5, 5.41) is 4.61. The Labute approximate surface area is 138 Å². The number of hydrogen-bond acceptors (Lipinski definition) is 4. The first-order valence-electron chi connectivity index (χ1n) is 7.77. The number of aryl methyl sites for hydroxylation is 1. The molecule has 1 aliphatic rings. The first-order chi connectivity index (χ1) is 11.3. The number of hydroxylamine groups is 2. The molecule has 1 amide bonds. The molecule has 0 bridgehead atoms. The molecule has 0 saturated carbocycles. The number of amides is 1. The van der Waals surface area contributed by atoms with Gasteiger partial charge in [0.25, 0.3) is 5.91 Å². The molecular weight excluding hydrogens is 310 g/mol. The molecule has 0 atom stereocenters. The van der Waals surface area contributed by atoms with Crippen LogP contribution in [0.15, 0.2) is 35.8 Å². The van der Waals surface area contributed by atoms with Crippen molar-refractivity contribution >= 4 is 22.8 Å². The molecule has 3 aromatic heterocycles. The van der Waals surface area contributed by atoms with Crippen molar-refractivity contribution in [2.45, 2.75) is 19.8 Å². The van der Waals surface area contributed by atoms with Gasteiger partial charge in [0.1, 0.15) is 0 Å². The lowest BCUT2D eigenvalue weighted by atomic mass is 10.2. The number of thiazole rings is 1. The second-order valence-electron chi connectivity index (χ2n) is 5.47. The van der Waals surface area contributed by atoms with E-state index in [1.54, 1.807) is 11.3 Å². The van der Waals surface area contributed by atoms with Crippen LogP contribution in [0.5, 0.6) is 0 Å². The van der Waals surface area contributed by atoms with Gasteiger partial charge in [0, 0.05) is 11.6 Å². The highest BCUT2D eigenvalue weighted by Gasteiger charge is 2.25. The fourth-order valence-electron chi connectivity index (χ4n) is 2.85. The third-order valence-electron chi connectivity index (χ3n) is 4.00. The van der Waals surface area contributed by atoms with Crippen LogP contribution in [-0.2, 0) is 11.3 Å². The summed E-state index contributed by atoms with van der Waals surface area (Å²) in [4.78, 5) is 22.8. The van der Waals surface area contributed by atoms with Crippen LogP contribution in [0.2, 0.25) is 0 Å². The summed E-state index contributed by atoms with van der Waals surface area (Å²) in [7, 11) is 0. The van der Waals surface area contributed by atoms with E-state index in [-0.39, 0.29) is 5.91 Å². The summed E-state index contributed by atoms with van der Waals surface area (Å²) in [6.07, 6.45) is 3.77. The van der Waals surface area contributed by atoms with Crippen LogP contribution in [0.25, 0.3) is 16.9 Å². The molecule has 1 saturated heterocycles. The summed E-state index contributed by atoms with van der Waals surface area (Å²) in [5.41, 5.74) is 3.40. The van der Waals surface area contributed by atoms with Crippen LogP contribution < -0.4 is 0 Å². The average molecular weight is 327 g/mol. The standard InChI is InChI=1S/C17H17N3O2S/c1-2-16-18-13(11-23-16)15-10-12(14-6-3-4-7-19(14)15)17(21)20-8-5-9-22-20/h3-4,6-7,10-11H,2,5,8-9H2,1H3. The Kier molecular flexibility index (Phi) is 3.63. The topological polar surface area (TPSA) is 46.8 Å². The number of hydrogen-bond donors (Lipinski definition) is 0. The van der Waals surface area contributed by atoms with Crippen molar-refractivity contribution in [3.05, 3.63) is 46.4 Å². The predicted molar refractivity (Wildman–Crippen MR) is 89.5 cm³/mol. The van der Waals surface area contributed by atoms with E-state index in [4.69, 9.17) is 4.84 Å². The van der Waals surface area contributed by atoms with Gasteiger partial charge in [-0.05, 0) is 31.0 Å². The van der Waals surface area contributed by atoms with E-state index in [2.05, 4.69) is 11.9 Å². The third-order valence-corrected chi connectivity index (χ3v) is 5.00. The Bertz CT molecular complexity index is 862. The number of pyridine rings is 1. The molecule has 0 aliphatic carbocycles. The summed E-state index contributed by atoms with van der Waals surface area (Å²) in [6, 6.07) is 7.79. The van der Waals surface area contributed by atoms with Crippen LogP contribution >= 0.6 is 11.3 Å². The molecule has 0 N–H and O–H groups in total. The zero-order valence-electron chi connectivity index (χ0n) is 12.9. The van der Waals surface area contributed by atoms with Gasteiger partial charge < -0.3 is 4.40 Å². The number of carbonyl (C=O) groups excluding carboxylic acids is 1. The summed E-state index contributed by atoms with van der Waals surface area (Å²) in [5.74, 6) is -0.0802. The second-order valence-corrected chi connectivity index (χ2v) is 6.42. The van der Waals surface area contributed by atoms with Gasteiger partial charge in [-0.1, -0.05) is 13.0 Å². The predicted octanol–water partition coefficient (Wildman–Crippen LogP) is 3.40. The number of aromatic nitrogens is 2. The molecule has 5 nitrogen and oxygen atoms in total. The Morgan fingerprint density at radius 2 is 2.35 bits per heavy atom. The van der Waals surface area contributed by atoms with Gasteiger partial charge in [-0.15, -0.1) is 11.3 Å². The van der Waals surface area contributed by atoms with Crippen molar-refractivity contribution in [3.8, 4) is 11.4 Å². The Balaban J connectivity index is 1.84.